The summed E-state index contributed by atoms with van der Waals surface area (Å²) in [6, 6.07) is -8.70. The zero-order valence-corrected chi connectivity index (χ0v) is 55.0. The molecule has 6 heterocycles. The highest BCUT2D eigenvalue weighted by atomic mass is 32.2. The predicted octanol–water partition coefficient (Wildman–Crippen LogP) is -8.98. The van der Waals surface area contributed by atoms with Crippen molar-refractivity contribution < 1.29 is 108 Å². The number of hydrogen-bond acceptors (Lipinski definition) is 33. The summed E-state index contributed by atoms with van der Waals surface area (Å²) in [4.78, 5) is 131. The summed E-state index contributed by atoms with van der Waals surface area (Å²) >= 11 is 2.62. The van der Waals surface area contributed by atoms with E-state index in [1.165, 1.54) is 50.8 Å². The molecule has 0 spiro atoms. The van der Waals surface area contributed by atoms with Gasteiger partial charge in [0.2, 0.25) is 29.5 Å². The highest BCUT2D eigenvalue weighted by Gasteiger charge is 2.54. The van der Waals surface area contributed by atoms with Crippen molar-refractivity contribution in [3.63, 3.8) is 0 Å². The average molecular weight is 1430 g/mol. The molecule has 2 fully saturated rings. The second-order valence-electron chi connectivity index (χ2n) is 23.5. The molecule has 43 heteroatoms. The number of anilines is 1. The Hall–Kier alpha value is -7.83. The van der Waals surface area contributed by atoms with Gasteiger partial charge in [-0.25, -0.2) is 24.7 Å². The Bertz CT molecular complexity index is 3300. The number of carbonyl (C=O) groups excluding carboxylic acids is 8. The van der Waals surface area contributed by atoms with E-state index < -0.39 is 207 Å². The van der Waals surface area contributed by atoms with Crippen molar-refractivity contribution in [1.82, 2.24) is 56.8 Å². The van der Waals surface area contributed by atoms with E-state index >= 15 is 9.59 Å². The number of thioether (sulfide) groups is 1. The molecule has 19 atom stereocenters. The molecule has 3 aliphatic rings. The first kappa shape index (κ1) is 79.2. The Morgan fingerprint density at radius 1 is 0.857 bits per heavy atom. The molecule has 2 saturated heterocycles. The third kappa shape index (κ3) is 20.9. The average Bonchev–Trinajstić information content (AvgIpc) is 0.936. The van der Waals surface area contributed by atoms with Gasteiger partial charge in [-0.3, -0.25) is 44.0 Å². The van der Waals surface area contributed by atoms with Crippen molar-refractivity contribution in [1.29, 1.82) is 5.41 Å². The molecule has 6 rings (SSSR count). The number of aliphatic imine (C=N–C) groups is 1. The van der Waals surface area contributed by atoms with Crippen molar-refractivity contribution in [2.45, 2.75) is 169 Å². The normalized spacial score (nSPS) is 25.0. The van der Waals surface area contributed by atoms with Crippen LogP contribution in [0, 0.1) is 18.3 Å². The fourth-order valence-corrected chi connectivity index (χ4v) is 12.1. The first-order valence-corrected chi connectivity index (χ1v) is 32.2. The van der Waals surface area contributed by atoms with Gasteiger partial charge >= 0.3 is 6.09 Å². The van der Waals surface area contributed by atoms with Crippen molar-refractivity contribution in [2.75, 3.05) is 50.9 Å². The smallest absolute Gasteiger partial charge is 0.404 e. The van der Waals surface area contributed by atoms with Gasteiger partial charge in [-0.1, -0.05) is 6.92 Å². The molecular weight excluding hydrogens is 1340 g/mol. The van der Waals surface area contributed by atoms with E-state index in [-0.39, 0.29) is 66.9 Å². The number of aromatic nitrogens is 5. The van der Waals surface area contributed by atoms with Gasteiger partial charge < -0.3 is 141 Å². The van der Waals surface area contributed by atoms with Crippen LogP contribution in [0.5, 0.6) is 0 Å². The summed E-state index contributed by atoms with van der Waals surface area (Å²) < 4.78 is 28.8. The van der Waals surface area contributed by atoms with Crippen LogP contribution >= 0.6 is 23.1 Å². The Kier molecular flexibility index (Phi) is 28.9. The molecule has 3 aliphatic heterocycles. The van der Waals surface area contributed by atoms with Gasteiger partial charge in [0.25, 0.3) is 11.8 Å². The van der Waals surface area contributed by atoms with Crippen molar-refractivity contribution in [3.05, 3.63) is 51.4 Å². The monoisotopic (exact) mass is 1430 g/mol. The van der Waals surface area contributed by atoms with Gasteiger partial charge in [-0.2, -0.15) is 0 Å². The van der Waals surface area contributed by atoms with Crippen LogP contribution in [0.15, 0.2) is 22.9 Å². The molecule has 3 aromatic heterocycles. The molecule has 0 radical (unpaired) electrons. The standard InChI is InChI=1S/C55H85N19O22S2/c1-19-32(71-45(74-43(19)60)23(11-30(59)78)66-12-21(56)44(61)84)48(87)72-33(39(24-13-63-18-67-24)94-53-41(37(82)35(80)27(14-76)93-53)95-52-38(83)40(96-54(62)90)36(81)28(15-77)92-52)49(88)69-22(7-10-75)34(79)20(2)46(85)73-42(55(3,4)91)50(89)65-9-6-31-68-26(17-97-31)51-70-25(16-98-51)47(86)64-8-5-29(57)58/h13,16,18,20-23,26-28,33-42,52-53,66,75-77,79-83,91H,5-12,14-15,17,56H2,1-4H3,(H3,57,58)(H2,59,78)(H2,61,84)(H2,62,90)(H,63,67)(H,64,86)(H,65,89)(H,69,88)(H,72,87)(H,73,85)(H2,60,71,74)/t20-,21-,22+,23-,26+,27-,28+,33-,34-,35+,36+,37-,38-,39-,40-,41-,42+,52+,53-/m0/s1. The molecule has 0 aromatic carbocycles. The second-order valence-corrected chi connectivity index (χ2v) is 25.5. The quantitative estimate of drug-likeness (QED) is 0.0190. The number of carbonyl (C=O) groups is 8. The Morgan fingerprint density at radius 2 is 1.54 bits per heavy atom. The van der Waals surface area contributed by atoms with Gasteiger partial charge in [-0.15, -0.1) is 23.1 Å². The number of aromatic amines is 1. The fraction of sp³-hybridized carbons (Fsp3) is 0.636. The molecule has 0 unspecified atom stereocenters. The molecule has 0 aliphatic carbocycles. The first-order valence-electron chi connectivity index (χ1n) is 30.4. The van der Waals surface area contributed by atoms with Gasteiger partial charge in [0.1, 0.15) is 95.0 Å². The first-order chi connectivity index (χ1) is 46.2. The molecule has 0 bridgehead atoms. The SMILES string of the molecule is Cc1c(N)nc([C@H](CC(N)=O)NC[C@H](N)C(N)=O)nc1C(=O)N[C@H](C(=O)N[C@H](CCO)[C@@H](O)[C@H](C)C(=O)N[C@H](C(=O)NCCC1=N[C@@H](c2nc(C(=O)NCCC(=N)N)cs2)CS1)C(C)(C)O)[C@@H](O[C@@H]1O[C@@H](CO)[C@@H](O)[C@H](O)[C@@H]1O[C@H]1O[C@H](CO)[C@@H](O)[C@H](OC(N)=O)[C@@H]1O)c1cnc[nH]1. The summed E-state index contributed by atoms with van der Waals surface area (Å²) in [6.45, 7) is 1.80. The third-order valence-corrected chi connectivity index (χ3v) is 17.7. The van der Waals surface area contributed by atoms with Crippen LogP contribution < -0.4 is 66.3 Å². The lowest BCUT2D eigenvalue weighted by Crippen LogP contribution is -2.65. The van der Waals surface area contributed by atoms with Gasteiger partial charge in [0.15, 0.2) is 18.7 Å². The second kappa shape index (κ2) is 35.8. The number of rotatable bonds is 36. The molecule has 98 heavy (non-hydrogen) atoms. The fourth-order valence-electron chi connectivity index (χ4n) is 10.2. The highest BCUT2D eigenvalue weighted by molar-refractivity contribution is 8.14. The molecule has 8 amide bonds. The maximum Gasteiger partial charge on any atom is 0.404 e. The van der Waals surface area contributed by atoms with Crippen LogP contribution in [-0.4, -0.2) is 272 Å². The van der Waals surface area contributed by atoms with E-state index in [0.717, 1.165) is 12.5 Å². The van der Waals surface area contributed by atoms with Crippen molar-refractivity contribution in [3.8, 4) is 0 Å². The van der Waals surface area contributed by atoms with E-state index in [2.05, 4.69) is 61.8 Å². The number of imidazole rings is 1. The number of primary amides is 3. The Morgan fingerprint density at radius 3 is 2.15 bits per heavy atom. The predicted molar refractivity (Wildman–Crippen MR) is 340 cm³/mol. The van der Waals surface area contributed by atoms with E-state index in [0.29, 0.717) is 15.8 Å². The van der Waals surface area contributed by atoms with Crippen LogP contribution in [0.1, 0.15) is 108 Å². The number of thiazole rings is 1. The molecule has 3 aromatic rings. The third-order valence-electron chi connectivity index (χ3n) is 15.7. The lowest BCUT2D eigenvalue weighted by Gasteiger charge is -2.47. The number of ether oxygens (including phenoxy) is 5. The number of nitrogen functional groups attached to an aromatic ring is 1. The van der Waals surface area contributed by atoms with Crippen molar-refractivity contribution >= 4 is 87.2 Å². The minimum Gasteiger partial charge on any atom is -0.441 e. The molecule has 0 saturated carbocycles. The zero-order valence-electron chi connectivity index (χ0n) is 53.3. The maximum absolute atomic E-state index is 15.4. The molecular formula is C55H85N19O22S2. The van der Waals surface area contributed by atoms with Crippen molar-refractivity contribution in [2.24, 2.45) is 39.6 Å². The highest BCUT2D eigenvalue weighted by Crippen LogP contribution is 2.36. The zero-order chi connectivity index (χ0) is 72.6. The van der Waals surface area contributed by atoms with Gasteiger partial charge in [0.05, 0.1) is 78.1 Å². The van der Waals surface area contributed by atoms with Gasteiger partial charge in [-0.05, 0) is 27.2 Å². The summed E-state index contributed by atoms with van der Waals surface area (Å²) in [6.07, 6.45) is -24.6. The number of aliphatic hydroxyl groups is 9. The van der Waals surface area contributed by atoms with Crippen LogP contribution in [0.4, 0.5) is 10.6 Å². The summed E-state index contributed by atoms with van der Waals surface area (Å²) in [5.41, 5.74) is 30.8. The van der Waals surface area contributed by atoms with Crippen LogP contribution in [0.25, 0.3) is 0 Å². The summed E-state index contributed by atoms with van der Waals surface area (Å²) in [5.74, 6) is -8.92. The number of nitrogens with zero attached hydrogens (tertiary/aromatic N) is 5. The van der Waals surface area contributed by atoms with Gasteiger partial charge in [0, 0.05) is 62.2 Å². The molecule has 544 valence electrons. The molecule has 29 N–H and O–H groups in total. The van der Waals surface area contributed by atoms with E-state index in [9.17, 15) is 74.7 Å². The van der Waals surface area contributed by atoms with Crippen LogP contribution in [-0.2, 0) is 47.7 Å². The Balaban J connectivity index is 1.31. The van der Waals surface area contributed by atoms with Crippen LogP contribution in [0.3, 0.4) is 0 Å². The maximum atomic E-state index is 15.4. The lowest BCUT2D eigenvalue weighted by molar-refractivity contribution is -0.372. The Labute approximate surface area is 566 Å². The minimum atomic E-state index is -2.27. The number of hydrogen-bond donors (Lipinski definition) is 23. The van der Waals surface area contributed by atoms with E-state index in [1.54, 1.807) is 5.38 Å². The number of H-pyrrole nitrogens is 1. The van der Waals surface area contributed by atoms with E-state index in [1.807, 2.05) is 0 Å². The number of nitrogens with one attached hydrogen (secondary N) is 8. The number of aliphatic hydroxyl groups excluding tert-OH is 8. The summed E-state index contributed by atoms with van der Waals surface area (Å²) in [5, 5.41) is 125. The number of amides is 8. The lowest BCUT2D eigenvalue weighted by atomic mass is 9.92. The number of amidine groups is 1. The largest absolute Gasteiger partial charge is 0.441 e. The number of nitrogens with two attached hydrogens (primary N) is 6. The van der Waals surface area contributed by atoms with E-state index in [4.69, 9.17) is 63.5 Å². The topological polar surface area (TPSA) is 697 Å². The van der Waals surface area contributed by atoms with Crippen LogP contribution in [0.2, 0.25) is 0 Å². The summed E-state index contributed by atoms with van der Waals surface area (Å²) in [7, 11) is 0. The minimum absolute atomic E-state index is 0.0370. The molecule has 41 nitrogen and oxygen atoms in total.